The average molecular weight is 357 g/mol. The second-order valence-corrected chi connectivity index (χ2v) is 6.68. The molecule has 1 aliphatic heterocycles. The minimum Gasteiger partial charge on any atom is -0.478 e. The van der Waals surface area contributed by atoms with Gasteiger partial charge in [-0.15, -0.1) is 0 Å². The van der Waals surface area contributed by atoms with Crippen LogP contribution in [0.1, 0.15) is 24.8 Å². The lowest BCUT2D eigenvalue weighted by atomic mass is 9.90. The van der Waals surface area contributed by atoms with Gasteiger partial charge in [0.2, 0.25) is 11.5 Å². The summed E-state index contributed by atoms with van der Waals surface area (Å²) >= 11 is 0. The zero-order valence-corrected chi connectivity index (χ0v) is 13.6. The molecular weight excluding hydrogens is 339 g/mol. The Morgan fingerprint density at radius 3 is 2.40 bits per heavy atom. The molecule has 1 aromatic rings. The molecule has 1 saturated heterocycles. The number of carboxylic acids is 1. The minimum absolute atomic E-state index is 0.0227. The number of amides is 1. The van der Waals surface area contributed by atoms with Gasteiger partial charge in [0.25, 0.3) is 5.92 Å². The van der Waals surface area contributed by atoms with E-state index in [4.69, 9.17) is 4.74 Å². The summed E-state index contributed by atoms with van der Waals surface area (Å²) in [5, 5.41) is 9.57. The molecular formula is C17H18F3NO4. The van der Waals surface area contributed by atoms with Gasteiger partial charge in [-0.1, -0.05) is 6.07 Å². The van der Waals surface area contributed by atoms with Crippen LogP contribution in [0.25, 0.3) is 0 Å². The van der Waals surface area contributed by atoms with Crippen molar-refractivity contribution in [1.82, 2.24) is 4.90 Å². The first-order valence-electron chi connectivity index (χ1n) is 8.00. The van der Waals surface area contributed by atoms with Gasteiger partial charge in [0.1, 0.15) is 5.92 Å². The average Bonchev–Trinajstić information content (AvgIpc) is 3.19. The van der Waals surface area contributed by atoms with E-state index in [1.165, 1.54) is 23.1 Å². The summed E-state index contributed by atoms with van der Waals surface area (Å²) in [6.07, 6.45) is -0.656. The van der Waals surface area contributed by atoms with E-state index in [1.54, 1.807) is 6.92 Å². The number of ether oxygens (including phenoxy) is 1. The number of aryl methyl sites for hydroxylation is 1. The lowest BCUT2D eigenvalue weighted by Gasteiger charge is -2.39. The quantitative estimate of drug-likeness (QED) is 0.900. The Hall–Kier alpha value is -2.25. The van der Waals surface area contributed by atoms with Crippen LogP contribution in [0.5, 0.6) is 5.75 Å². The largest absolute Gasteiger partial charge is 0.478 e. The predicted octanol–water partition coefficient (Wildman–Crippen LogP) is 2.61. The van der Waals surface area contributed by atoms with Crippen molar-refractivity contribution in [2.45, 2.75) is 37.7 Å². The van der Waals surface area contributed by atoms with Crippen molar-refractivity contribution in [1.29, 1.82) is 0 Å². The number of carbonyl (C=O) groups is 2. The van der Waals surface area contributed by atoms with Crippen LogP contribution in [0, 0.1) is 18.7 Å². The Morgan fingerprint density at radius 2 is 1.88 bits per heavy atom. The molecule has 25 heavy (non-hydrogen) atoms. The molecule has 1 atom stereocenters. The number of hydrogen-bond acceptors (Lipinski definition) is 3. The van der Waals surface area contributed by atoms with Crippen molar-refractivity contribution in [2.24, 2.45) is 5.92 Å². The van der Waals surface area contributed by atoms with Crippen LogP contribution in [0.3, 0.4) is 0 Å². The number of benzene rings is 1. The topological polar surface area (TPSA) is 66.8 Å². The fraction of sp³-hybridized carbons (Fsp3) is 0.529. The zero-order chi connectivity index (χ0) is 18.4. The lowest BCUT2D eigenvalue weighted by molar-refractivity contribution is -0.162. The second kappa shape index (κ2) is 5.93. The van der Waals surface area contributed by atoms with Crippen LogP contribution in [0.4, 0.5) is 13.2 Å². The van der Waals surface area contributed by atoms with E-state index >= 15 is 0 Å². The van der Waals surface area contributed by atoms with Gasteiger partial charge in [-0.05, 0) is 24.6 Å². The molecule has 1 N–H and O–H groups in total. The zero-order valence-electron chi connectivity index (χ0n) is 13.6. The van der Waals surface area contributed by atoms with Crippen LogP contribution >= 0.6 is 0 Å². The maximum atomic E-state index is 13.9. The Labute approximate surface area is 142 Å². The van der Waals surface area contributed by atoms with Crippen LogP contribution in [-0.4, -0.2) is 46.5 Å². The van der Waals surface area contributed by atoms with E-state index < -0.39 is 41.6 Å². The van der Waals surface area contributed by atoms with Crippen molar-refractivity contribution in [3.8, 4) is 5.75 Å². The highest BCUT2D eigenvalue weighted by atomic mass is 19.3. The van der Waals surface area contributed by atoms with Gasteiger partial charge >= 0.3 is 5.97 Å². The molecule has 136 valence electrons. The maximum absolute atomic E-state index is 13.9. The lowest BCUT2D eigenvalue weighted by Crippen LogP contribution is -2.54. The fourth-order valence-corrected chi connectivity index (χ4v) is 3.05. The number of carboxylic acid groups (broad SMARTS) is 1. The number of likely N-dealkylation sites (tertiary alicyclic amines) is 1. The SMILES string of the molecule is Cc1ccc(F)c(OC2(C(=O)O)CCN(C(=O)[C@@H]3CC3(F)F)CC2)c1. The molecule has 1 saturated carbocycles. The van der Waals surface area contributed by atoms with Crippen molar-refractivity contribution >= 4 is 11.9 Å². The van der Waals surface area contributed by atoms with Gasteiger partial charge in [0.15, 0.2) is 11.6 Å². The fourth-order valence-electron chi connectivity index (χ4n) is 3.05. The highest BCUT2D eigenvalue weighted by Gasteiger charge is 2.62. The number of piperidine rings is 1. The van der Waals surface area contributed by atoms with Crippen LogP contribution in [-0.2, 0) is 9.59 Å². The normalized spacial score (nSPS) is 23.8. The van der Waals surface area contributed by atoms with Gasteiger partial charge in [-0.25, -0.2) is 18.0 Å². The summed E-state index contributed by atoms with van der Waals surface area (Å²) in [6, 6.07) is 4.13. The van der Waals surface area contributed by atoms with Crippen molar-refractivity contribution < 1.29 is 32.6 Å². The van der Waals surface area contributed by atoms with Gasteiger partial charge in [-0.3, -0.25) is 4.79 Å². The molecule has 1 amide bonds. The van der Waals surface area contributed by atoms with E-state index in [0.29, 0.717) is 5.56 Å². The summed E-state index contributed by atoms with van der Waals surface area (Å²) in [6.45, 7) is 1.67. The summed E-state index contributed by atoms with van der Waals surface area (Å²) in [5.41, 5.74) is -0.974. The molecule has 0 spiro atoms. The molecule has 0 bridgehead atoms. The molecule has 0 unspecified atom stereocenters. The Kier molecular flexibility index (Phi) is 4.17. The molecule has 2 aliphatic rings. The number of rotatable bonds is 4. The monoisotopic (exact) mass is 357 g/mol. The van der Waals surface area contributed by atoms with Crippen LogP contribution < -0.4 is 4.74 Å². The summed E-state index contributed by atoms with van der Waals surface area (Å²) in [7, 11) is 0. The van der Waals surface area contributed by atoms with E-state index in [0.717, 1.165) is 0 Å². The van der Waals surface area contributed by atoms with E-state index in [2.05, 4.69) is 0 Å². The predicted molar refractivity (Wildman–Crippen MR) is 81.0 cm³/mol. The third-order valence-electron chi connectivity index (χ3n) is 4.79. The van der Waals surface area contributed by atoms with E-state index in [9.17, 15) is 27.9 Å². The van der Waals surface area contributed by atoms with Crippen LogP contribution in [0.2, 0.25) is 0 Å². The Balaban J connectivity index is 1.72. The number of nitrogens with zero attached hydrogens (tertiary/aromatic N) is 1. The first kappa shape index (κ1) is 17.6. The Morgan fingerprint density at radius 1 is 1.28 bits per heavy atom. The first-order valence-corrected chi connectivity index (χ1v) is 8.00. The number of aliphatic carboxylic acids is 1. The smallest absolute Gasteiger partial charge is 0.348 e. The van der Waals surface area contributed by atoms with Crippen molar-refractivity contribution in [3.63, 3.8) is 0 Å². The van der Waals surface area contributed by atoms with E-state index in [-0.39, 0.29) is 31.7 Å². The van der Waals surface area contributed by atoms with Crippen molar-refractivity contribution in [3.05, 3.63) is 29.6 Å². The minimum atomic E-state index is -2.96. The molecule has 1 heterocycles. The third-order valence-corrected chi connectivity index (χ3v) is 4.79. The maximum Gasteiger partial charge on any atom is 0.348 e. The second-order valence-electron chi connectivity index (χ2n) is 6.68. The first-order chi connectivity index (χ1) is 11.6. The van der Waals surface area contributed by atoms with Crippen molar-refractivity contribution in [2.75, 3.05) is 13.1 Å². The highest BCUT2D eigenvalue weighted by molar-refractivity contribution is 5.84. The number of halogens is 3. The van der Waals surface area contributed by atoms with Gasteiger partial charge in [0.05, 0.1) is 0 Å². The van der Waals surface area contributed by atoms with Gasteiger partial charge in [0, 0.05) is 32.4 Å². The van der Waals surface area contributed by atoms with Gasteiger partial charge < -0.3 is 14.7 Å². The number of alkyl halides is 2. The third kappa shape index (κ3) is 3.29. The summed E-state index contributed by atoms with van der Waals surface area (Å²) in [5.74, 6) is -7.04. The number of carbonyl (C=O) groups excluding carboxylic acids is 1. The standard InChI is InChI=1S/C17H18F3NO4/c1-10-2-3-12(18)13(8-10)25-16(15(23)24)4-6-21(7-5-16)14(22)11-9-17(11,19)20/h2-3,8,11H,4-7,9H2,1H3,(H,23,24)/t11-/m0/s1. The summed E-state index contributed by atoms with van der Waals surface area (Å²) < 4.78 is 45.5. The summed E-state index contributed by atoms with van der Waals surface area (Å²) in [4.78, 5) is 25.0. The molecule has 2 fully saturated rings. The molecule has 8 heteroatoms. The number of hydrogen-bond donors (Lipinski definition) is 1. The molecule has 3 rings (SSSR count). The molecule has 1 aliphatic carbocycles. The molecule has 0 radical (unpaired) electrons. The van der Waals surface area contributed by atoms with Gasteiger partial charge in [-0.2, -0.15) is 0 Å². The Bertz CT molecular complexity index is 714. The molecule has 1 aromatic carbocycles. The van der Waals surface area contributed by atoms with E-state index in [1.807, 2.05) is 0 Å². The highest BCUT2D eigenvalue weighted by Crippen LogP contribution is 2.50. The molecule has 0 aromatic heterocycles. The molecule has 5 nitrogen and oxygen atoms in total. The van der Waals surface area contributed by atoms with Crippen LogP contribution in [0.15, 0.2) is 18.2 Å².